The van der Waals surface area contributed by atoms with Crippen molar-refractivity contribution in [2.24, 2.45) is 5.14 Å². The Morgan fingerprint density at radius 3 is 2.37 bits per heavy atom. The van der Waals surface area contributed by atoms with E-state index in [1.807, 2.05) is 36.4 Å². The largest absolute Gasteiger partial charge is 0.324 e. The van der Waals surface area contributed by atoms with Gasteiger partial charge in [-0.05, 0) is 35.4 Å². The molecule has 1 aromatic heterocycles. The fourth-order valence-corrected chi connectivity index (χ4v) is 3.63. The number of anilines is 2. The Morgan fingerprint density at radius 2 is 1.63 bits per heavy atom. The van der Waals surface area contributed by atoms with Crippen LogP contribution in [-0.2, 0) is 23.1 Å². The van der Waals surface area contributed by atoms with E-state index < -0.39 is 10.0 Å². The fraction of sp³-hybridized carbons (Fsp3) is 0.0909. The van der Waals surface area contributed by atoms with Crippen LogP contribution in [-0.4, -0.2) is 18.4 Å². The van der Waals surface area contributed by atoms with Gasteiger partial charge in [0, 0.05) is 30.4 Å². The second kappa shape index (κ2) is 8.58. The van der Waals surface area contributed by atoms with Crippen LogP contribution in [0.5, 0.6) is 0 Å². The van der Waals surface area contributed by atoms with E-state index in [-0.39, 0.29) is 4.90 Å². The number of aromatic nitrogens is 2. The number of nitrogens with two attached hydrogens (primary N) is 1. The standard InChI is InChI=1S/C22H21N5O2S/c23-30(28,29)20-11-9-19(10-12-20)26-22-25-15-18-8-4-7-17(21(18)27-22)14-24-13-16-5-2-1-3-6-16/h1-12,15,24H,13-14H2,(H2,23,28,29)(H,25,26,27). The van der Waals surface area contributed by atoms with Gasteiger partial charge in [-0.15, -0.1) is 0 Å². The van der Waals surface area contributed by atoms with Crippen molar-refractivity contribution >= 4 is 32.6 Å². The van der Waals surface area contributed by atoms with Gasteiger partial charge in [0.2, 0.25) is 16.0 Å². The molecule has 1 heterocycles. The number of rotatable bonds is 7. The Morgan fingerprint density at radius 1 is 0.867 bits per heavy atom. The van der Waals surface area contributed by atoms with Crippen LogP contribution >= 0.6 is 0 Å². The Bertz CT molecular complexity index is 1260. The van der Waals surface area contributed by atoms with E-state index in [4.69, 9.17) is 5.14 Å². The first-order valence-electron chi connectivity index (χ1n) is 9.38. The molecule has 3 aromatic carbocycles. The molecule has 0 fully saturated rings. The molecule has 0 unspecified atom stereocenters. The minimum atomic E-state index is -3.72. The van der Waals surface area contributed by atoms with Gasteiger partial charge < -0.3 is 10.6 Å². The van der Waals surface area contributed by atoms with Gasteiger partial charge in [-0.2, -0.15) is 0 Å². The second-order valence-electron chi connectivity index (χ2n) is 6.83. The van der Waals surface area contributed by atoms with E-state index in [1.165, 1.54) is 17.7 Å². The summed E-state index contributed by atoms with van der Waals surface area (Å²) >= 11 is 0. The van der Waals surface area contributed by atoms with Gasteiger partial charge in [0.1, 0.15) is 0 Å². The van der Waals surface area contributed by atoms with Gasteiger partial charge in [-0.25, -0.2) is 23.5 Å². The van der Waals surface area contributed by atoms with Gasteiger partial charge in [0.05, 0.1) is 10.4 Å². The summed E-state index contributed by atoms with van der Waals surface area (Å²) in [5, 5.41) is 12.6. The molecule has 4 aromatic rings. The number of primary sulfonamides is 1. The number of fused-ring (bicyclic) bond motifs is 1. The van der Waals surface area contributed by atoms with Crippen molar-refractivity contribution < 1.29 is 8.42 Å². The van der Waals surface area contributed by atoms with E-state index in [9.17, 15) is 8.42 Å². The summed E-state index contributed by atoms with van der Waals surface area (Å²) in [6.07, 6.45) is 1.77. The summed E-state index contributed by atoms with van der Waals surface area (Å²) < 4.78 is 22.8. The average molecular weight is 420 g/mol. The molecule has 0 bridgehead atoms. The molecule has 152 valence electrons. The third-order valence-corrected chi connectivity index (χ3v) is 5.55. The van der Waals surface area contributed by atoms with Crippen LogP contribution in [0.15, 0.2) is 83.9 Å². The van der Waals surface area contributed by atoms with Crippen LogP contribution in [0.2, 0.25) is 0 Å². The molecule has 30 heavy (non-hydrogen) atoms. The van der Waals surface area contributed by atoms with Gasteiger partial charge in [-0.1, -0.05) is 48.5 Å². The summed E-state index contributed by atoms with van der Waals surface area (Å²) in [6.45, 7) is 1.44. The van der Waals surface area contributed by atoms with E-state index in [0.29, 0.717) is 18.2 Å². The van der Waals surface area contributed by atoms with Crippen LogP contribution in [0.4, 0.5) is 11.6 Å². The summed E-state index contributed by atoms with van der Waals surface area (Å²) in [7, 11) is -3.72. The molecular weight excluding hydrogens is 398 g/mol. The number of sulfonamides is 1. The molecule has 0 atom stereocenters. The molecule has 0 saturated carbocycles. The van der Waals surface area contributed by atoms with Crippen molar-refractivity contribution in [3.63, 3.8) is 0 Å². The van der Waals surface area contributed by atoms with Crippen molar-refractivity contribution in [2.75, 3.05) is 5.32 Å². The minimum Gasteiger partial charge on any atom is -0.324 e. The molecule has 0 spiro atoms. The molecule has 0 radical (unpaired) electrons. The first-order chi connectivity index (χ1) is 14.5. The average Bonchev–Trinajstić information content (AvgIpc) is 2.74. The lowest BCUT2D eigenvalue weighted by Crippen LogP contribution is -2.13. The summed E-state index contributed by atoms with van der Waals surface area (Å²) in [4.78, 5) is 9.07. The molecule has 4 N–H and O–H groups in total. The molecule has 7 nitrogen and oxygen atoms in total. The Labute approximate surface area is 175 Å². The van der Waals surface area contributed by atoms with Crippen molar-refractivity contribution in [3.05, 3.63) is 90.1 Å². The third-order valence-electron chi connectivity index (χ3n) is 4.62. The number of para-hydroxylation sites is 1. The van der Waals surface area contributed by atoms with Crippen molar-refractivity contribution in [1.29, 1.82) is 0 Å². The van der Waals surface area contributed by atoms with Crippen molar-refractivity contribution in [1.82, 2.24) is 15.3 Å². The topological polar surface area (TPSA) is 110 Å². The second-order valence-corrected chi connectivity index (χ2v) is 8.39. The number of nitrogens with one attached hydrogen (secondary N) is 2. The molecule has 0 aliphatic heterocycles. The zero-order valence-electron chi connectivity index (χ0n) is 16.1. The van der Waals surface area contributed by atoms with Crippen LogP contribution in [0.25, 0.3) is 10.9 Å². The highest BCUT2D eigenvalue weighted by Crippen LogP contribution is 2.20. The fourth-order valence-electron chi connectivity index (χ4n) is 3.11. The molecule has 8 heteroatoms. The van der Waals surface area contributed by atoms with Crippen molar-refractivity contribution in [2.45, 2.75) is 18.0 Å². The lowest BCUT2D eigenvalue weighted by molar-refractivity contribution is 0.598. The Hall–Kier alpha value is -3.33. The Balaban J connectivity index is 1.52. The first-order valence-corrected chi connectivity index (χ1v) is 10.9. The Kier molecular flexibility index (Phi) is 5.71. The van der Waals surface area contributed by atoms with Crippen LogP contribution in [0, 0.1) is 0 Å². The zero-order chi connectivity index (χ0) is 21.0. The molecule has 4 rings (SSSR count). The maximum Gasteiger partial charge on any atom is 0.238 e. The number of benzene rings is 3. The SMILES string of the molecule is NS(=O)(=O)c1ccc(Nc2ncc3cccc(CNCc4ccccc4)c3n2)cc1. The molecule has 0 amide bonds. The third kappa shape index (κ3) is 4.80. The molecular formula is C22H21N5O2S. The van der Waals surface area contributed by atoms with Crippen LogP contribution in [0.1, 0.15) is 11.1 Å². The molecule has 0 aliphatic carbocycles. The van der Waals surface area contributed by atoms with Crippen LogP contribution in [0.3, 0.4) is 0 Å². The summed E-state index contributed by atoms with van der Waals surface area (Å²) in [6, 6.07) is 22.4. The highest BCUT2D eigenvalue weighted by atomic mass is 32.2. The monoisotopic (exact) mass is 419 g/mol. The lowest BCUT2D eigenvalue weighted by Gasteiger charge is -2.10. The van der Waals surface area contributed by atoms with Gasteiger partial charge >= 0.3 is 0 Å². The summed E-state index contributed by atoms with van der Waals surface area (Å²) in [5.41, 5.74) is 3.81. The number of hydrogen-bond acceptors (Lipinski definition) is 6. The van der Waals surface area contributed by atoms with E-state index in [0.717, 1.165) is 23.0 Å². The van der Waals surface area contributed by atoms with Crippen molar-refractivity contribution in [3.8, 4) is 0 Å². The summed E-state index contributed by atoms with van der Waals surface area (Å²) in [5.74, 6) is 0.432. The highest BCUT2D eigenvalue weighted by Gasteiger charge is 2.08. The molecule has 0 saturated heterocycles. The van der Waals surface area contributed by atoms with Gasteiger partial charge in [0.15, 0.2) is 0 Å². The number of hydrogen-bond donors (Lipinski definition) is 3. The van der Waals surface area contributed by atoms with Gasteiger partial charge in [0.25, 0.3) is 0 Å². The normalized spacial score (nSPS) is 11.5. The van der Waals surface area contributed by atoms with E-state index >= 15 is 0 Å². The highest BCUT2D eigenvalue weighted by molar-refractivity contribution is 7.89. The quantitative estimate of drug-likeness (QED) is 0.424. The minimum absolute atomic E-state index is 0.0549. The smallest absolute Gasteiger partial charge is 0.238 e. The van der Waals surface area contributed by atoms with Crippen LogP contribution < -0.4 is 15.8 Å². The maximum absolute atomic E-state index is 11.4. The van der Waals surface area contributed by atoms with E-state index in [2.05, 4.69) is 32.7 Å². The predicted molar refractivity (Wildman–Crippen MR) is 118 cm³/mol. The predicted octanol–water partition coefficient (Wildman–Crippen LogP) is 3.31. The van der Waals surface area contributed by atoms with Gasteiger partial charge in [-0.3, -0.25) is 0 Å². The number of nitrogens with zero attached hydrogens (tertiary/aromatic N) is 2. The maximum atomic E-state index is 11.4. The molecule has 0 aliphatic rings. The zero-order valence-corrected chi connectivity index (χ0v) is 16.9. The lowest BCUT2D eigenvalue weighted by atomic mass is 10.1. The first kappa shape index (κ1) is 20.0. The van der Waals surface area contributed by atoms with E-state index in [1.54, 1.807) is 18.3 Å².